The van der Waals surface area contributed by atoms with E-state index in [2.05, 4.69) is 46.6 Å². The number of aromatic nitrogens is 5. The molecule has 0 aliphatic carbocycles. The molecular formula is C7H7BrN6. The Kier molecular flexibility index (Phi) is 2.40. The van der Waals surface area contributed by atoms with Crippen LogP contribution in [0.15, 0.2) is 16.9 Å². The third-order valence-corrected chi connectivity index (χ3v) is 2.21. The molecule has 0 saturated carbocycles. The van der Waals surface area contributed by atoms with Gasteiger partial charge in [-0.15, -0.1) is 0 Å². The Hall–Kier alpha value is -1.50. The molecule has 2 heterocycles. The van der Waals surface area contributed by atoms with Crippen molar-refractivity contribution in [3.63, 3.8) is 0 Å². The van der Waals surface area contributed by atoms with Gasteiger partial charge in [0.15, 0.2) is 5.82 Å². The zero-order valence-electron chi connectivity index (χ0n) is 7.32. The highest BCUT2D eigenvalue weighted by molar-refractivity contribution is 9.10. The summed E-state index contributed by atoms with van der Waals surface area (Å²) in [5.74, 6) is 1.25. The van der Waals surface area contributed by atoms with Crippen molar-refractivity contribution in [2.75, 3.05) is 12.4 Å². The Balaban J connectivity index is 2.46. The number of hydrogen-bond donors (Lipinski definition) is 2. The van der Waals surface area contributed by atoms with E-state index < -0.39 is 0 Å². The van der Waals surface area contributed by atoms with Crippen molar-refractivity contribution >= 4 is 21.7 Å². The molecule has 6 nitrogen and oxygen atoms in total. The molecule has 0 atom stereocenters. The van der Waals surface area contributed by atoms with E-state index in [4.69, 9.17) is 0 Å². The summed E-state index contributed by atoms with van der Waals surface area (Å²) in [5, 5.41) is 13.0. The molecule has 0 saturated heterocycles. The summed E-state index contributed by atoms with van der Waals surface area (Å²) in [6, 6.07) is 0. The van der Waals surface area contributed by atoms with Gasteiger partial charge in [-0.25, -0.2) is 9.97 Å². The Labute approximate surface area is 88.3 Å². The third kappa shape index (κ3) is 1.58. The monoisotopic (exact) mass is 254 g/mol. The quantitative estimate of drug-likeness (QED) is 0.838. The number of rotatable bonds is 2. The first-order valence-corrected chi connectivity index (χ1v) is 4.67. The zero-order valence-corrected chi connectivity index (χ0v) is 8.91. The summed E-state index contributed by atoms with van der Waals surface area (Å²) >= 11 is 3.32. The molecule has 72 valence electrons. The number of hydrogen-bond acceptors (Lipinski definition) is 5. The molecule has 0 amide bonds. The van der Waals surface area contributed by atoms with Crippen LogP contribution in [0.4, 0.5) is 5.82 Å². The summed E-state index contributed by atoms with van der Waals surface area (Å²) in [5.41, 5.74) is 0.619. The molecule has 14 heavy (non-hydrogen) atoms. The molecule has 0 radical (unpaired) electrons. The summed E-state index contributed by atoms with van der Waals surface area (Å²) < 4.78 is 0.812. The van der Waals surface area contributed by atoms with Crippen LogP contribution >= 0.6 is 15.9 Å². The van der Waals surface area contributed by atoms with Crippen LogP contribution in [0.5, 0.6) is 0 Å². The van der Waals surface area contributed by atoms with Gasteiger partial charge in [-0.2, -0.15) is 15.4 Å². The fourth-order valence-corrected chi connectivity index (χ4v) is 1.36. The summed E-state index contributed by atoms with van der Waals surface area (Å²) in [6.45, 7) is 0. The van der Waals surface area contributed by atoms with Gasteiger partial charge >= 0.3 is 0 Å². The highest BCUT2D eigenvalue weighted by Gasteiger charge is 2.07. The van der Waals surface area contributed by atoms with E-state index in [-0.39, 0.29) is 0 Å². The standard InChI is InChI=1S/C7H7BrN6/c1-9-6-4(8)2-10-7(12-6)5-3-11-14-13-5/h2-3H,1H3,(H,9,10,12)(H,11,13,14). The minimum atomic E-state index is 0.534. The maximum atomic E-state index is 4.24. The first-order valence-electron chi connectivity index (χ1n) is 3.87. The first-order chi connectivity index (χ1) is 6.81. The molecule has 0 unspecified atom stereocenters. The van der Waals surface area contributed by atoms with Gasteiger partial charge < -0.3 is 5.32 Å². The van der Waals surface area contributed by atoms with Gasteiger partial charge in [-0.1, -0.05) is 0 Å². The van der Waals surface area contributed by atoms with Gasteiger partial charge in [0.25, 0.3) is 0 Å². The Morgan fingerprint density at radius 3 is 2.93 bits per heavy atom. The molecule has 7 heteroatoms. The molecule has 0 aliphatic rings. The van der Waals surface area contributed by atoms with Crippen LogP contribution in [0.1, 0.15) is 0 Å². The van der Waals surface area contributed by atoms with Gasteiger partial charge in [0.1, 0.15) is 11.5 Å². The zero-order chi connectivity index (χ0) is 9.97. The molecule has 0 fully saturated rings. The number of nitrogens with one attached hydrogen (secondary N) is 2. The highest BCUT2D eigenvalue weighted by atomic mass is 79.9. The van der Waals surface area contributed by atoms with Crippen molar-refractivity contribution in [1.29, 1.82) is 0 Å². The van der Waals surface area contributed by atoms with Crippen molar-refractivity contribution in [1.82, 2.24) is 25.4 Å². The molecule has 0 bridgehead atoms. The van der Waals surface area contributed by atoms with Crippen molar-refractivity contribution in [3.8, 4) is 11.5 Å². The molecule has 2 aromatic heterocycles. The lowest BCUT2D eigenvalue weighted by Gasteiger charge is -2.02. The lowest BCUT2D eigenvalue weighted by molar-refractivity contribution is 0.938. The highest BCUT2D eigenvalue weighted by Crippen LogP contribution is 2.20. The van der Waals surface area contributed by atoms with Gasteiger partial charge in [0.2, 0.25) is 0 Å². The molecule has 2 N–H and O–H groups in total. The fraction of sp³-hybridized carbons (Fsp3) is 0.143. The van der Waals surface area contributed by atoms with Crippen molar-refractivity contribution < 1.29 is 0 Å². The minimum absolute atomic E-state index is 0.534. The molecule has 0 aliphatic heterocycles. The van der Waals surface area contributed by atoms with Crippen molar-refractivity contribution in [2.24, 2.45) is 0 Å². The topological polar surface area (TPSA) is 79.4 Å². The average molecular weight is 255 g/mol. The maximum Gasteiger partial charge on any atom is 0.183 e. The SMILES string of the molecule is CNc1nc(-c2cn[nH]n2)ncc1Br. The van der Waals surface area contributed by atoms with E-state index in [0.29, 0.717) is 11.5 Å². The van der Waals surface area contributed by atoms with Crippen LogP contribution in [-0.2, 0) is 0 Å². The fourth-order valence-electron chi connectivity index (χ4n) is 0.975. The predicted octanol–water partition coefficient (Wildman–Crippen LogP) is 1.07. The van der Waals surface area contributed by atoms with Gasteiger partial charge in [0, 0.05) is 13.2 Å². The van der Waals surface area contributed by atoms with Crippen molar-refractivity contribution in [2.45, 2.75) is 0 Å². The molecular weight excluding hydrogens is 248 g/mol. The Morgan fingerprint density at radius 2 is 2.29 bits per heavy atom. The van der Waals surface area contributed by atoms with Gasteiger partial charge in [-0.3, -0.25) is 0 Å². The van der Waals surface area contributed by atoms with E-state index >= 15 is 0 Å². The molecule has 2 aromatic rings. The van der Waals surface area contributed by atoms with E-state index in [9.17, 15) is 0 Å². The lowest BCUT2D eigenvalue weighted by Crippen LogP contribution is -1.97. The molecule has 0 spiro atoms. The van der Waals surface area contributed by atoms with E-state index in [0.717, 1.165) is 10.3 Å². The number of nitrogens with zero attached hydrogens (tertiary/aromatic N) is 4. The summed E-state index contributed by atoms with van der Waals surface area (Å²) in [4.78, 5) is 8.35. The van der Waals surface area contributed by atoms with Crippen LogP contribution < -0.4 is 5.32 Å². The second-order valence-corrected chi connectivity index (χ2v) is 3.35. The number of aromatic amines is 1. The summed E-state index contributed by atoms with van der Waals surface area (Å²) in [7, 11) is 1.79. The summed E-state index contributed by atoms with van der Waals surface area (Å²) in [6.07, 6.45) is 3.24. The van der Waals surface area contributed by atoms with Gasteiger partial charge in [0.05, 0.1) is 10.7 Å². The van der Waals surface area contributed by atoms with Crippen LogP contribution in [-0.4, -0.2) is 32.4 Å². The largest absolute Gasteiger partial charge is 0.372 e. The number of halogens is 1. The van der Waals surface area contributed by atoms with Crippen LogP contribution in [0.25, 0.3) is 11.5 Å². The van der Waals surface area contributed by atoms with E-state index in [1.54, 1.807) is 19.4 Å². The maximum absolute atomic E-state index is 4.24. The number of H-pyrrole nitrogens is 1. The van der Waals surface area contributed by atoms with Crippen LogP contribution in [0.3, 0.4) is 0 Å². The average Bonchev–Trinajstić information content (AvgIpc) is 2.71. The predicted molar refractivity (Wildman–Crippen MR) is 54.7 cm³/mol. The number of anilines is 1. The normalized spacial score (nSPS) is 10.1. The third-order valence-electron chi connectivity index (χ3n) is 1.63. The lowest BCUT2D eigenvalue weighted by atomic mass is 10.4. The Bertz CT molecular complexity index is 426. The van der Waals surface area contributed by atoms with E-state index in [1.807, 2.05) is 0 Å². The smallest absolute Gasteiger partial charge is 0.183 e. The minimum Gasteiger partial charge on any atom is -0.372 e. The van der Waals surface area contributed by atoms with Crippen LogP contribution in [0, 0.1) is 0 Å². The van der Waals surface area contributed by atoms with Crippen molar-refractivity contribution in [3.05, 3.63) is 16.9 Å². The second kappa shape index (κ2) is 3.70. The Morgan fingerprint density at radius 1 is 1.43 bits per heavy atom. The van der Waals surface area contributed by atoms with Gasteiger partial charge in [-0.05, 0) is 15.9 Å². The van der Waals surface area contributed by atoms with E-state index in [1.165, 1.54) is 0 Å². The second-order valence-electron chi connectivity index (χ2n) is 2.50. The first kappa shape index (κ1) is 9.07. The van der Waals surface area contributed by atoms with Crippen LogP contribution in [0.2, 0.25) is 0 Å². The molecule has 2 rings (SSSR count). The molecule has 0 aromatic carbocycles.